The molecule has 0 aromatic heterocycles. The lowest BCUT2D eigenvalue weighted by Gasteiger charge is -2.32. The third-order valence-corrected chi connectivity index (χ3v) is 4.43. The molecule has 0 N–H and O–H groups in total. The molecule has 0 aromatic rings. The van der Waals surface area contributed by atoms with E-state index in [2.05, 4.69) is 34.7 Å². The number of hydrogen-bond donors (Lipinski definition) is 0. The highest BCUT2D eigenvalue weighted by molar-refractivity contribution is 9.09. The normalized spacial score (nSPS) is 27.1. The van der Waals surface area contributed by atoms with E-state index >= 15 is 0 Å². The van der Waals surface area contributed by atoms with Crippen molar-refractivity contribution >= 4 is 21.8 Å². The van der Waals surface area contributed by atoms with Gasteiger partial charge in [-0.05, 0) is 18.8 Å². The fraction of sp³-hybridized carbons (Fsp3) is 0.917. The van der Waals surface area contributed by atoms with Gasteiger partial charge in [0.2, 0.25) is 5.91 Å². The van der Waals surface area contributed by atoms with Crippen molar-refractivity contribution in [2.75, 3.05) is 11.9 Å². The van der Waals surface area contributed by atoms with E-state index in [-0.39, 0.29) is 5.41 Å². The van der Waals surface area contributed by atoms with Gasteiger partial charge in [0.25, 0.3) is 0 Å². The number of alkyl halides is 1. The Balaban J connectivity index is 2.76. The number of likely N-dealkylation sites (tertiary alicyclic amines) is 1. The highest BCUT2D eigenvalue weighted by Crippen LogP contribution is 2.31. The molecule has 1 rings (SSSR count). The van der Waals surface area contributed by atoms with Crippen molar-refractivity contribution in [2.24, 2.45) is 11.3 Å². The van der Waals surface area contributed by atoms with Crippen molar-refractivity contribution in [1.29, 1.82) is 0 Å². The predicted octanol–water partition coefficient (Wildman–Crippen LogP) is 3.05. The fourth-order valence-electron chi connectivity index (χ4n) is 2.04. The molecule has 3 heteroatoms. The monoisotopic (exact) mass is 275 g/mol. The van der Waals surface area contributed by atoms with Crippen LogP contribution in [0.4, 0.5) is 0 Å². The van der Waals surface area contributed by atoms with E-state index in [1.54, 1.807) is 0 Å². The van der Waals surface area contributed by atoms with E-state index in [1.165, 1.54) is 0 Å². The SMILES string of the molecule is CCC(C)(C)C(=O)N1CCC(C)C1CBr. The molecule has 0 radical (unpaired) electrons. The highest BCUT2D eigenvalue weighted by atomic mass is 79.9. The second kappa shape index (κ2) is 4.86. The summed E-state index contributed by atoms with van der Waals surface area (Å²) >= 11 is 3.52. The van der Waals surface area contributed by atoms with Crippen LogP contribution >= 0.6 is 15.9 Å². The van der Waals surface area contributed by atoms with Gasteiger partial charge in [0.15, 0.2) is 0 Å². The van der Waals surface area contributed by atoms with Gasteiger partial charge in [-0.15, -0.1) is 0 Å². The molecule has 0 aromatic carbocycles. The second-order valence-corrected chi connectivity index (χ2v) is 5.87. The second-order valence-electron chi connectivity index (χ2n) is 5.22. The summed E-state index contributed by atoms with van der Waals surface area (Å²) in [6.45, 7) is 9.34. The maximum atomic E-state index is 12.3. The first-order valence-corrected chi connectivity index (χ1v) is 6.93. The summed E-state index contributed by atoms with van der Waals surface area (Å²) in [6.07, 6.45) is 2.05. The smallest absolute Gasteiger partial charge is 0.228 e. The molecular weight excluding hydrogens is 254 g/mol. The minimum atomic E-state index is -0.204. The summed E-state index contributed by atoms with van der Waals surface area (Å²) in [4.78, 5) is 14.4. The number of carbonyl (C=O) groups is 1. The van der Waals surface area contributed by atoms with Crippen molar-refractivity contribution in [3.05, 3.63) is 0 Å². The molecular formula is C12H22BrNO. The molecule has 2 nitrogen and oxygen atoms in total. The Kier molecular flexibility index (Phi) is 4.21. The Morgan fingerprint density at radius 2 is 2.13 bits per heavy atom. The van der Waals surface area contributed by atoms with Crippen molar-refractivity contribution in [2.45, 2.75) is 46.6 Å². The van der Waals surface area contributed by atoms with Crippen LogP contribution in [0, 0.1) is 11.3 Å². The molecule has 2 unspecified atom stereocenters. The molecule has 88 valence electrons. The van der Waals surface area contributed by atoms with E-state index < -0.39 is 0 Å². The number of amides is 1. The summed E-state index contributed by atoms with van der Waals surface area (Å²) in [7, 11) is 0. The Labute approximate surface area is 102 Å². The van der Waals surface area contributed by atoms with Crippen molar-refractivity contribution in [3.8, 4) is 0 Å². The van der Waals surface area contributed by atoms with Gasteiger partial charge in [-0.25, -0.2) is 0 Å². The van der Waals surface area contributed by atoms with Crippen LogP contribution in [0.1, 0.15) is 40.5 Å². The molecule has 1 aliphatic heterocycles. The zero-order chi connectivity index (χ0) is 11.6. The average molecular weight is 276 g/mol. The lowest BCUT2D eigenvalue weighted by molar-refractivity contribution is -0.141. The number of halogens is 1. The van der Waals surface area contributed by atoms with E-state index in [0.717, 1.165) is 24.7 Å². The number of nitrogens with zero attached hydrogens (tertiary/aromatic N) is 1. The number of carbonyl (C=O) groups excluding carboxylic acids is 1. The topological polar surface area (TPSA) is 20.3 Å². The average Bonchev–Trinajstić information content (AvgIpc) is 2.58. The van der Waals surface area contributed by atoms with Gasteiger partial charge in [0.1, 0.15) is 0 Å². The summed E-state index contributed by atoms with van der Waals surface area (Å²) in [5, 5.41) is 0.902. The first kappa shape index (κ1) is 13.0. The van der Waals surface area contributed by atoms with E-state index in [9.17, 15) is 4.79 Å². The van der Waals surface area contributed by atoms with Gasteiger partial charge in [0.05, 0.1) is 0 Å². The molecule has 1 heterocycles. The largest absolute Gasteiger partial charge is 0.338 e. The predicted molar refractivity (Wildman–Crippen MR) is 67.1 cm³/mol. The Bertz CT molecular complexity index is 240. The van der Waals surface area contributed by atoms with Crippen molar-refractivity contribution in [1.82, 2.24) is 4.90 Å². The maximum absolute atomic E-state index is 12.3. The lowest BCUT2D eigenvalue weighted by Crippen LogP contribution is -2.45. The summed E-state index contributed by atoms with van der Waals surface area (Å²) in [5.41, 5.74) is -0.204. The van der Waals surface area contributed by atoms with Crippen molar-refractivity contribution in [3.63, 3.8) is 0 Å². The Morgan fingerprint density at radius 1 is 1.53 bits per heavy atom. The van der Waals surface area contributed by atoms with Gasteiger partial charge in [-0.2, -0.15) is 0 Å². The molecule has 15 heavy (non-hydrogen) atoms. The Morgan fingerprint density at radius 3 is 2.60 bits per heavy atom. The third-order valence-electron chi connectivity index (χ3n) is 3.76. The molecule has 1 fully saturated rings. The van der Waals surface area contributed by atoms with E-state index in [0.29, 0.717) is 17.9 Å². The van der Waals surface area contributed by atoms with Crippen molar-refractivity contribution < 1.29 is 4.79 Å². The first-order chi connectivity index (χ1) is 6.94. The summed E-state index contributed by atoms with van der Waals surface area (Å²) in [6, 6.07) is 0.392. The van der Waals surface area contributed by atoms with Crippen LogP contribution in [0.15, 0.2) is 0 Å². The van der Waals surface area contributed by atoms with E-state index in [1.807, 2.05) is 13.8 Å². The van der Waals surface area contributed by atoms with Crippen LogP contribution in [0.5, 0.6) is 0 Å². The van der Waals surface area contributed by atoms with Crippen LogP contribution in [0.25, 0.3) is 0 Å². The van der Waals surface area contributed by atoms with Crippen LogP contribution in [0.3, 0.4) is 0 Å². The fourth-order valence-corrected chi connectivity index (χ4v) is 3.02. The molecule has 0 bridgehead atoms. The van der Waals surface area contributed by atoms with Gasteiger partial charge in [-0.1, -0.05) is 43.6 Å². The number of rotatable bonds is 3. The van der Waals surface area contributed by atoms with Crippen LogP contribution < -0.4 is 0 Å². The standard InChI is InChI=1S/C12H22BrNO/c1-5-12(3,4)11(15)14-7-6-9(2)10(14)8-13/h9-10H,5-8H2,1-4H3. The van der Waals surface area contributed by atoms with Gasteiger partial charge < -0.3 is 4.90 Å². The molecule has 1 aliphatic rings. The lowest BCUT2D eigenvalue weighted by atomic mass is 9.88. The molecule has 0 saturated carbocycles. The quantitative estimate of drug-likeness (QED) is 0.725. The van der Waals surface area contributed by atoms with Gasteiger partial charge in [0, 0.05) is 23.3 Å². The minimum Gasteiger partial charge on any atom is -0.338 e. The maximum Gasteiger partial charge on any atom is 0.228 e. The van der Waals surface area contributed by atoms with Gasteiger partial charge in [-0.3, -0.25) is 4.79 Å². The zero-order valence-electron chi connectivity index (χ0n) is 10.2. The van der Waals surface area contributed by atoms with Gasteiger partial charge >= 0.3 is 0 Å². The summed E-state index contributed by atoms with van der Waals surface area (Å²) in [5.74, 6) is 0.944. The Hall–Kier alpha value is -0.0500. The van der Waals surface area contributed by atoms with E-state index in [4.69, 9.17) is 0 Å². The molecule has 2 atom stereocenters. The third kappa shape index (κ3) is 2.55. The summed E-state index contributed by atoms with van der Waals surface area (Å²) < 4.78 is 0. The highest BCUT2D eigenvalue weighted by Gasteiger charge is 2.39. The zero-order valence-corrected chi connectivity index (χ0v) is 11.8. The van der Waals surface area contributed by atoms with Crippen LogP contribution in [-0.4, -0.2) is 28.7 Å². The molecule has 1 saturated heterocycles. The van der Waals surface area contributed by atoms with Crippen LogP contribution in [0.2, 0.25) is 0 Å². The molecule has 0 aliphatic carbocycles. The minimum absolute atomic E-state index is 0.204. The number of hydrogen-bond acceptors (Lipinski definition) is 1. The molecule has 1 amide bonds. The first-order valence-electron chi connectivity index (χ1n) is 5.81. The molecule has 0 spiro atoms. The van der Waals surface area contributed by atoms with Crippen LogP contribution in [-0.2, 0) is 4.79 Å².